The molecule has 1 aliphatic rings. The van der Waals surface area contributed by atoms with Gasteiger partial charge in [0.2, 0.25) is 0 Å². The number of nitrogens with one attached hydrogen (secondary N) is 1. The van der Waals surface area contributed by atoms with Crippen LogP contribution in [0.4, 0.5) is 28.9 Å². The van der Waals surface area contributed by atoms with Crippen LogP contribution in [0.3, 0.4) is 0 Å². The van der Waals surface area contributed by atoms with Gasteiger partial charge in [0, 0.05) is 50.2 Å². The lowest BCUT2D eigenvalue weighted by molar-refractivity contribution is -0.274. The van der Waals surface area contributed by atoms with Crippen molar-refractivity contribution in [2.75, 3.05) is 29.4 Å². The number of nitrogens with zero attached hydrogens (tertiary/aromatic N) is 4. The fourth-order valence-corrected chi connectivity index (χ4v) is 5.46. The molecule has 4 aromatic rings. The normalized spacial score (nSPS) is 15.5. The maximum atomic E-state index is 13.6. The van der Waals surface area contributed by atoms with E-state index in [0.717, 1.165) is 16.9 Å². The number of ether oxygens (including phenoxy) is 1. The molecular weight excluding hydrogens is 597 g/mol. The topological polar surface area (TPSA) is 62.1 Å². The van der Waals surface area contributed by atoms with Crippen molar-refractivity contribution >= 4 is 46.9 Å². The van der Waals surface area contributed by atoms with Crippen molar-refractivity contribution in [2.45, 2.75) is 39.2 Å². The number of imidazole rings is 1. The molecule has 0 bridgehead atoms. The van der Waals surface area contributed by atoms with Crippen LogP contribution >= 0.6 is 24.0 Å². The Bertz CT molecular complexity index is 1560. The maximum Gasteiger partial charge on any atom is 0.573 e. The predicted octanol–water partition coefficient (Wildman–Crippen LogP) is 6.65. The van der Waals surface area contributed by atoms with Crippen molar-refractivity contribution in [1.82, 2.24) is 14.7 Å². The second kappa shape index (κ2) is 12.7. The molecule has 2 aromatic carbocycles. The summed E-state index contributed by atoms with van der Waals surface area (Å²) in [5, 5.41) is 3.46. The standard InChI is InChI=1S/C29H28ClF4N5O2.ClH/c1-3-24-27(39-11-10-20(31)15-26(39)36-24)28(40)35-16-19-4-9-25(23(30)14-19)37-12-13-38(18(2)17-37)21-5-7-22(8-6-21)41-29(32,33)34;/h4-11,14-15,18H,3,12-13,16-17H2,1-2H3,(H,35,40);1H/t18-;/m0./s1. The van der Waals surface area contributed by atoms with Gasteiger partial charge in [0.25, 0.3) is 5.91 Å². The number of rotatable bonds is 7. The van der Waals surface area contributed by atoms with E-state index < -0.39 is 12.2 Å². The van der Waals surface area contributed by atoms with Crippen molar-refractivity contribution in [3.63, 3.8) is 0 Å². The minimum Gasteiger partial charge on any atom is -0.406 e. The van der Waals surface area contributed by atoms with E-state index in [-0.39, 0.29) is 36.7 Å². The summed E-state index contributed by atoms with van der Waals surface area (Å²) in [7, 11) is 0. The van der Waals surface area contributed by atoms with Crippen LogP contribution < -0.4 is 19.9 Å². The smallest absolute Gasteiger partial charge is 0.406 e. The van der Waals surface area contributed by atoms with Gasteiger partial charge in [-0.1, -0.05) is 24.6 Å². The first-order valence-electron chi connectivity index (χ1n) is 13.1. The van der Waals surface area contributed by atoms with E-state index in [1.54, 1.807) is 16.5 Å². The van der Waals surface area contributed by atoms with Crippen LogP contribution in [0.1, 0.15) is 35.6 Å². The summed E-state index contributed by atoms with van der Waals surface area (Å²) in [6.45, 7) is 6.15. The highest BCUT2D eigenvalue weighted by molar-refractivity contribution is 6.33. The molecule has 1 aliphatic heterocycles. The van der Waals surface area contributed by atoms with Gasteiger partial charge in [0.05, 0.1) is 16.4 Å². The number of halogens is 6. The largest absolute Gasteiger partial charge is 0.573 e. The summed E-state index contributed by atoms with van der Waals surface area (Å²) < 4.78 is 56.6. The summed E-state index contributed by atoms with van der Waals surface area (Å²) >= 11 is 6.67. The van der Waals surface area contributed by atoms with Gasteiger partial charge in [0.15, 0.2) is 0 Å². The number of benzene rings is 2. The molecule has 1 atom stereocenters. The molecule has 0 radical (unpaired) electrons. The summed E-state index contributed by atoms with van der Waals surface area (Å²) in [5.74, 6) is -0.990. The first-order valence-corrected chi connectivity index (χ1v) is 13.5. The number of alkyl halides is 3. The lowest BCUT2D eigenvalue weighted by atomic mass is 10.1. The average Bonchev–Trinajstić information content (AvgIpc) is 3.29. The SMILES string of the molecule is CCc1nc2cc(F)ccn2c1C(=O)NCc1ccc(N2CCN(c3ccc(OC(F)(F)F)cc3)[C@@H](C)C2)c(Cl)c1.Cl. The first kappa shape index (κ1) is 31.2. The predicted molar refractivity (Wildman–Crippen MR) is 157 cm³/mol. The van der Waals surface area contributed by atoms with Crippen LogP contribution in [0, 0.1) is 5.82 Å². The number of aryl methyl sites for hydroxylation is 1. The lowest BCUT2D eigenvalue weighted by Crippen LogP contribution is -2.52. The molecule has 1 fully saturated rings. The monoisotopic (exact) mass is 625 g/mol. The number of amides is 1. The van der Waals surface area contributed by atoms with Gasteiger partial charge in [-0.2, -0.15) is 0 Å². The number of aromatic nitrogens is 2. The molecule has 2 aromatic heterocycles. The molecule has 5 rings (SSSR count). The number of piperazine rings is 1. The molecule has 0 saturated carbocycles. The zero-order valence-electron chi connectivity index (χ0n) is 22.8. The summed E-state index contributed by atoms with van der Waals surface area (Å²) in [6.07, 6.45) is -2.71. The Morgan fingerprint density at radius 3 is 2.50 bits per heavy atom. The van der Waals surface area contributed by atoms with Gasteiger partial charge in [-0.25, -0.2) is 9.37 Å². The van der Waals surface area contributed by atoms with E-state index in [1.807, 2.05) is 32.0 Å². The zero-order chi connectivity index (χ0) is 29.3. The fourth-order valence-electron chi connectivity index (χ4n) is 5.14. The van der Waals surface area contributed by atoms with Gasteiger partial charge in [-0.3, -0.25) is 9.20 Å². The van der Waals surface area contributed by atoms with Crippen molar-refractivity contribution < 1.29 is 27.1 Å². The minimum atomic E-state index is -4.73. The molecule has 13 heteroatoms. The molecule has 1 N–H and O–H groups in total. The highest BCUT2D eigenvalue weighted by Gasteiger charge is 2.31. The third-order valence-electron chi connectivity index (χ3n) is 7.05. The maximum absolute atomic E-state index is 13.6. The molecule has 1 saturated heterocycles. The van der Waals surface area contributed by atoms with Crippen molar-refractivity contribution in [2.24, 2.45) is 0 Å². The van der Waals surface area contributed by atoms with Gasteiger partial charge in [-0.15, -0.1) is 25.6 Å². The molecular formula is C29H29Cl2F4N5O2. The van der Waals surface area contributed by atoms with E-state index >= 15 is 0 Å². The van der Waals surface area contributed by atoms with Crippen LogP contribution in [0.25, 0.3) is 5.65 Å². The third kappa shape index (κ3) is 6.84. The number of anilines is 2. The van der Waals surface area contributed by atoms with Crippen LogP contribution in [0.2, 0.25) is 5.02 Å². The number of carbonyl (C=O) groups is 1. The van der Waals surface area contributed by atoms with Gasteiger partial charge < -0.3 is 19.9 Å². The zero-order valence-corrected chi connectivity index (χ0v) is 24.4. The molecule has 7 nitrogen and oxygen atoms in total. The quantitative estimate of drug-likeness (QED) is 0.233. The molecule has 0 spiro atoms. The van der Waals surface area contributed by atoms with Gasteiger partial charge >= 0.3 is 6.36 Å². The molecule has 3 heterocycles. The highest BCUT2D eigenvalue weighted by Crippen LogP contribution is 2.32. The Kier molecular flexibility index (Phi) is 9.42. The van der Waals surface area contributed by atoms with Crippen molar-refractivity contribution in [3.05, 3.63) is 88.6 Å². The second-order valence-corrected chi connectivity index (χ2v) is 10.2. The molecule has 224 valence electrons. The number of fused-ring (bicyclic) bond motifs is 1. The Hall–Kier alpha value is -3.70. The van der Waals surface area contributed by atoms with E-state index in [9.17, 15) is 22.4 Å². The highest BCUT2D eigenvalue weighted by atomic mass is 35.5. The second-order valence-electron chi connectivity index (χ2n) is 9.83. The van der Waals surface area contributed by atoms with E-state index in [1.165, 1.54) is 30.5 Å². The van der Waals surface area contributed by atoms with Crippen LogP contribution in [-0.4, -0.2) is 47.3 Å². The summed E-state index contributed by atoms with van der Waals surface area (Å²) in [4.78, 5) is 21.7. The Morgan fingerprint density at radius 2 is 1.86 bits per heavy atom. The number of pyridine rings is 1. The molecule has 0 unspecified atom stereocenters. The fraction of sp³-hybridized carbons (Fsp3) is 0.310. The van der Waals surface area contributed by atoms with Crippen LogP contribution in [0.5, 0.6) is 5.75 Å². The average molecular weight is 626 g/mol. The van der Waals surface area contributed by atoms with Crippen molar-refractivity contribution in [1.29, 1.82) is 0 Å². The first-order chi connectivity index (χ1) is 19.5. The Morgan fingerprint density at radius 1 is 1.12 bits per heavy atom. The minimum absolute atomic E-state index is 0. The van der Waals surface area contributed by atoms with Crippen LogP contribution in [0.15, 0.2) is 60.8 Å². The number of hydrogen-bond acceptors (Lipinski definition) is 5. The van der Waals surface area contributed by atoms with Gasteiger partial charge in [-0.05, 0) is 61.4 Å². The molecule has 1 amide bonds. The number of hydrogen-bond donors (Lipinski definition) is 1. The van der Waals surface area contributed by atoms with Crippen LogP contribution in [-0.2, 0) is 13.0 Å². The lowest BCUT2D eigenvalue weighted by Gasteiger charge is -2.42. The van der Waals surface area contributed by atoms with Crippen molar-refractivity contribution in [3.8, 4) is 5.75 Å². The molecule has 42 heavy (non-hydrogen) atoms. The van der Waals surface area contributed by atoms with Gasteiger partial charge in [0.1, 0.15) is 22.9 Å². The summed E-state index contributed by atoms with van der Waals surface area (Å²) in [5.41, 5.74) is 3.82. The Balaban J connectivity index is 0.00000405. The molecule has 0 aliphatic carbocycles. The number of carbonyl (C=O) groups excluding carboxylic acids is 1. The Labute approximate surface area is 251 Å². The van der Waals surface area contributed by atoms with E-state index in [2.05, 4.69) is 24.8 Å². The third-order valence-corrected chi connectivity index (χ3v) is 7.35. The van der Waals surface area contributed by atoms with E-state index in [4.69, 9.17) is 11.6 Å². The van der Waals surface area contributed by atoms with E-state index in [0.29, 0.717) is 48.1 Å². The summed E-state index contributed by atoms with van der Waals surface area (Å²) in [6, 6.07) is 14.2.